The van der Waals surface area contributed by atoms with Crippen LogP contribution < -0.4 is 15.4 Å². The highest BCUT2D eigenvalue weighted by molar-refractivity contribution is 5.97. The topological polar surface area (TPSA) is 84.5 Å². The standard InChI is InChI=1S/C18H18N2O4/c1-2-19-18(23)13-7-5-8-15(10-13)20-17(22)12-24-16-9-4-3-6-14(16)11-21/h3-11H,2,12H2,1H3,(H,19,23)(H,20,22). The maximum absolute atomic E-state index is 12.0. The minimum atomic E-state index is -0.385. The second kappa shape index (κ2) is 8.47. The zero-order valence-corrected chi connectivity index (χ0v) is 13.2. The average Bonchev–Trinajstić information content (AvgIpc) is 2.60. The van der Waals surface area contributed by atoms with Crippen LogP contribution >= 0.6 is 0 Å². The molecule has 0 aliphatic heterocycles. The average molecular weight is 326 g/mol. The molecule has 2 aromatic rings. The minimum absolute atomic E-state index is 0.204. The number of carbonyl (C=O) groups is 3. The lowest BCUT2D eigenvalue weighted by molar-refractivity contribution is -0.118. The van der Waals surface area contributed by atoms with Gasteiger partial charge in [-0.2, -0.15) is 0 Å². The van der Waals surface area contributed by atoms with Crippen molar-refractivity contribution in [3.63, 3.8) is 0 Å². The van der Waals surface area contributed by atoms with E-state index in [0.717, 1.165) is 0 Å². The Balaban J connectivity index is 1.96. The normalized spacial score (nSPS) is 9.88. The fourth-order valence-electron chi connectivity index (χ4n) is 2.05. The molecule has 0 spiro atoms. The van der Waals surface area contributed by atoms with Crippen LogP contribution in [0.2, 0.25) is 0 Å². The molecule has 0 heterocycles. The number of nitrogens with one attached hydrogen (secondary N) is 2. The lowest BCUT2D eigenvalue weighted by Gasteiger charge is -2.10. The van der Waals surface area contributed by atoms with Crippen LogP contribution in [0.5, 0.6) is 5.75 Å². The van der Waals surface area contributed by atoms with Gasteiger partial charge in [-0.05, 0) is 37.3 Å². The molecular formula is C18H18N2O4. The summed E-state index contributed by atoms with van der Waals surface area (Å²) in [5.41, 5.74) is 1.33. The zero-order valence-electron chi connectivity index (χ0n) is 13.2. The maximum Gasteiger partial charge on any atom is 0.262 e. The fourth-order valence-corrected chi connectivity index (χ4v) is 2.05. The van der Waals surface area contributed by atoms with Gasteiger partial charge in [-0.25, -0.2) is 0 Å². The second-order valence-corrected chi connectivity index (χ2v) is 4.93. The molecule has 0 aliphatic carbocycles. The molecule has 0 atom stereocenters. The van der Waals surface area contributed by atoms with Gasteiger partial charge in [0.1, 0.15) is 5.75 Å². The number of ether oxygens (including phenoxy) is 1. The first-order valence-electron chi connectivity index (χ1n) is 7.49. The molecule has 24 heavy (non-hydrogen) atoms. The third-order valence-electron chi connectivity index (χ3n) is 3.15. The van der Waals surface area contributed by atoms with Gasteiger partial charge in [-0.1, -0.05) is 18.2 Å². The van der Waals surface area contributed by atoms with Gasteiger partial charge in [0.2, 0.25) is 0 Å². The van der Waals surface area contributed by atoms with Crippen LogP contribution in [0.15, 0.2) is 48.5 Å². The Kier molecular flexibility index (Phi) is 6.08. The molecule has 0 aliphatic rings. The van der Waals surface area contributed by atoms with Gasteiger partial charge in [0.25, 0.3) is 11.8 Å². The number of para-hydroxylation sites is 1. The summed E-state index contributed by atoms with van der Waals surface area (Å²) in [5.74, 6) is -0.243. The summed E-state index contributed by atoms with van der Waals surface area (Å²) in [6.07, 6.45) is 0.670. The van der Waals surface area contributed by atoms with Crippen molar-refractivity contribution in [1.29, 1.82) is 0 Å². The van der Waals surface area contributed by atoms with Gasteiger partial charge in [-0.3, -0.25) is 14.4 Å². The Bertz CT molecular complexity index is 743. The third-order valence-corrected chi connectivity index (χ3v) is 3.15. The second-order valence-electron chi connectivity index (χ2n) is 4.93. The van der Waals surface area contributed by atoms with Crippen LogP contribution in [0.3, 0.4) is 0 Å². The van der Waals surface area contributed by atoms with Crippen LogP contribution in [0.25, 0.3) is 0 Å². The Morgan fingerprint density at radius 1 is 1.12 bits per heavy atom. The lowest BCUT2D eigenvalue weighted by atomic mass is 10.2. The van der Waals surface area contributed by atoms with E-state index in [1.54, 1.807) is 48.5 Å². The monoisotopic (exact) mass is 326 g/mol. The van der Waals surface area contributed by atoms with E-state index in [-0.39, 0.29) is 18.4 Å². The van der Waals surface area contributed by atoms with Crippen molar-refractivity contribution < 1.29 is 19.1 Å². The van der Waals surface area contributed by atoms with Gasteiger partial charge in [0.05, 0.1) is 5.56 Å². The predicted molar refractivity (Wildman–Crippen MR) is 90.4 cm³/mol. The van der Waals surface area contributed by atoms with Crippen molar-refractivity contribution in [3.8, 4) is 5.75 Å². The van der Waals surface area contributed by atoms with Gasteiger partial charge < -0.3 is 15.4 Å². The summed E-state index contributed by atoms with van der Waals surface area (Å²) in [6.45, 7) is 2.12. The van der Waals surface area contributed by atoms with E-state index in [2.05, 4.69) is 10.6 Å². The highest BCUT2D eigenvalue weighted by Gasteiger charge is 2.09. The molecule has 0 saturated carbocycles. The smallest absolute Gasteiger partial charge is 0.262 e. The number of hydrogen-bond acceptors (Lipinski definition) is 4. The molecule has 2 rings (SSSR count). The van der Waals surface area contributed by atoms with Crippen LogP contribution in [0, 0.1) is 0 Å². The maximum atomic E-state index is 12.0. The number of amides is 2. The van der Waals surface area contributed by atoms with E-state index in [1.165, 1.54) is 0 Å². The van der Waals surface area contributed by atoms with E-state index in [4.69, 9.17) is 4.74 Å². The highest BCUT2D eigenvalue weighted by Crippen LogP contribution is 2.16. The number of aldehydes is 1. The van der Waals surface area contributed by atoms with Gasteiger partial charge in [-0.15, -0.1) is 0 Å². The molecule has 2 aromatic carbocycles. The summed E-state index contributed by atoms with van der Waals surface area (Å²) in [5, 5.41) is 5.35. The van der Waals surface area contributed by atoms with Crippen LogP contribution in [-0.4, -0.2) is 31.3 Å². The number of hydrogen-bond donors (Lipinski definition) is 2. The van der Waals surface area contributed by atoms with Crippen molar-refractivity contribution >= 4 is 23.8 Å². The Labute approximate surface area is 139 Å². The Morgan fingerprint density at radius 2 is 1.92 bits per heavy atom. The van der Waals surface area contributed by atoms with Gasteiger partial charge >= 0.3 is 0 Å². The molecule has 124 valence electrons. The molecule has 0 fully saturated rings. The molecule has 6 heteroatoms. The molecule has 0 radical (unpaired) electrons. The molecule has 0 bridgehead atoms. The quantitative estimate of drug-likeness (QED) is 0.765. The molecule has 2 amide bonds. The van der Waals surface area contributed by atoms with Gasteiger partial charge in [0.15, 0.2) is 12.9 Å². The van der Waals surface area contributed by atoms with E-state index < -0.39 is 0 Å². The number of benzene rings is 2. The summed E-state index contributed by atoms with van der Waals surface area (Å²) in [4.78, 5) is 34.6. The fraction of sp³-hybridized carbons (Fsp3) is 0.167. The highest BCUT2D eigenvalue weighted by atomic mass is 16.5. The molecular weight excluding hydrogens is 308 g/mol. The van der Waals surface area contributed by atoms with E-state index in [0.29, 0.717) is 35.4 Å². The largest absolute Gasteiger partial charge is 0.483 e. The first-order chi connectivity index (χ1) is 11.6. The third kappa shape index (κ3) is 4.67. The van der Waals surface area contributed by atoms with Crippen molar-refractivity contribution in [1.82, 2.24) is 5.32 Å². The molecule has 0 unspecified atom stereocenters. The van der Waals surface area contributed by atoms with Gasteiger partial charge in [0, 0.05) is 17.8 Å². The van der Waals surface area contributed by atoms with E-state index >= 15 is 0 Å². The minimum Gasteiger partial charge on any atom is -0.483 e. The number of carbonyl (C=O) groups excluding carboxylic acids is 3. The molecule has 0 saturated heterocycles. The van der Waals surface area contributed by atoms with Crippen LogP contribution in [-0.2, 0) is 4.79 Å². The van der Waals surface area contributed by atoms with Crippen LogP contribution in [0.4, 0.5) is 5.69 Å². The molecule has 2 N–H and O–H groups in total. The number of anilines is 1. The summed E-state index contributed by atoms with van der Waals surface area (Å²) < 4.78 is 5.36. The molecule has 0 aromatic heterocycles. The summed E-state index contributed by atoms with van der Waals surface area (Å²) in [6, 6.07) is 13.3. The first kappa shape index (κ1) is 17.2. The lowest BCUT2D eigenvalue weighted by Crippen LogP contribution is -2.23. The van der Waals surface area contributed by atoms with Crippen molar-refractivity contribution in [3.05, 3.63) is 59.7 Å². The van der Waals surface area contributed by atoms with Crippen LogP contribution in [0.1, 0.15) is 27.6 Å². The van der Waals surface area contributed by atoms with E-state index in [1.807, 2.05) is 6.92 Å². The number of rotatable bonds is 7. The molecule has 6 nitrogen and oxygen atoms in total. The summed E-state index contributed by atoms with van der Waals surface area (Å²) >= 11 is 0. The Hall–Kier alpha value is -3.15. The van der Waals surface area contributed by atoms with Crippen molar-refractivity contribution in [2.45, 2.75) is 6.92 Å². The zero-order chi connectivity index (χ0) is 17.4. The van der Waals surface area contributed by atoms with Crippen molar-refractivity contribution in [2.75, 3.05) is 18.5 Å². The van der Waals surface area contributed by atoms with E-state index in [9.17, 15) is 14.4 Å². The first-order valence-corrected chi connectivity index (χ1v) is 7.49. The summed E-state index contributed by atoms with van der Waals surface area (Å²) in [7, 11) is 0. The predicted octanol–water partition coefficient (Wildman–Crippen LogP) is 2.27. The van der Waals surface area contributed by atoms with Crippen molar-refractivity contribution in [2.24, 2.45) is 0 Å². The Morgan fingerprint density at radius 3 is 2.67 bits per heavy atom. The SMILES string of the molecule is CCNC(=O)c1cccc(NC(=O)COc2ccccc2C=O)c1.